The summed E-state index contributed by atoms with van der Waals surface area (Å²) in [7, 11) is 3.90. The molecular weight excluding hydrogens is 229 g/mol. The minimum absolute atomic E-state index is 0.0313. The largest absolute Gasteiger partial charge is 0.478 e. The van der Waals surface area contributed by atoms with Gasteiger partial charge in [0.2, 0.25) is 0 Å². The molecule has 0 aliphatic heterocycles. The second-order valence-corrected chi connectivity index (χ2v) is 4.73. The molecule has 0 heterocycles. The number of halogens is 1. The number of rotatable bonds is 5. The number of carboxylic acid groups (broad SMARTS) is 1. The van der Waals surface area contributed by atoms with E-state index in [4.69, 9.17) is 5.11 Å². The Morgan fingerprint density at radius 3 is 2.75 bits per heavy atom. The van der Waals surface area contributed by atoms with Crippen molar-refractivity contribution in [3.05, 3.63) is 29.6 Å². The van der Waals surface area contributed by atoms with E-state index in [-0.39, 0.29) is 5.56 Å². The standard InChI is InChI=1S/C11H14FNO2S/c1-13(2)5-6-16-10-4-3-8(12)7-9(10)11(14)15/h3-4,7H,5-6H2,1-2H3,(H,14,15). The van der Waals surface area contributed by atoms with Crippen molar-refractivity contribution in [1.29, 1.82) is 0 Å². The highest BCUT2D eigenvalue weighted by Gasteiger charge is 2.11. The first-order chi connectivity index (χ1) is 7.50. The van der Waals surface area contributed by atoms with Gasteiger partial charge in [-0.25, -0.2) is 9.18 Å². The third-order valence-corrected chi connectivity index (χ3v) is 3.02. The first-order valence-electron chi connectivity index (χ1n) is 4.81. The van der Waals surface area contributed by atoms with E-state index in [1.807, 2.05) is 19.0 Å². The first kappa shape index (κ1) is 13.0. The summed E-state index contributed by atoms with van der Waals surface area (Å²) in [5.41, 5.74) is 0.0313. The summed E-state index contributed by atoms with van der Waals surface area (Å²) in [6.07, 6.45) is 0. The van der Waals surface area contributed by atoms with Gasteiger partial charge in [0.1, 0.15) is 5.82 Å². The molecule has 0 atom stereocenters. The fourth-order valence-corrected chi connectivity index (χ4v) is 2.28. The minimum atomic E-state index is -1.09. The molecule has 0 aliphatic carbocycles. The molecule has 1 N–H and O–H groups in total. The van der Waals surface area contributed by atoms with E-state index in [0.29, 0.717) is 4.90 Å². The van der Waals surface area contributed by atoms with E-state index in [2.05, 4.69) is 0 Å². The number of hydrogen-bond donors (Lipinski definition) is 1. The molecule has 0 fully saturated rings. The fraction of sp³-hybridized carbons (Fsp3) is 0.364. The summed E-state index contributed by atoms with van der Waals surface area (Å²) >= 11 is 1.42. The summed E-state index contributed by atoms with van der Waals surface area (Å²) in [4.78, 5) is 13.5. The second kappa shape index (κ2) is 5.86. The van der Waals surface area contributed by atoms with Gasteiger partial charge >= 0.3 is 5.97 Å². The number of thioether (sulfide) groups is 1. The molecule has 3 nitrogen and oxygen atoms in total. The zero-order valence-electron chi connectivity index (χ0n) is 9.24. The molecule has 0 bridgehead atoms. The molecule has 0 unspecified atom stereocenters. The van der Waals surface area contributed by atoms with Gasteiger partial charge in [-0.15, -0.1) is 11.8 Å². The molecule has 0 saturated heterocycles. The first-order valence-corrected chi connectivity index (χ1v) is 5.79. The van der Waals surface area contributed by atoms with E-state index in [9.17, 15) is 9.18 Å². The highest BCUT2D eigenvalue weighted by Crippen LogP contribution is 2.23. The van der Waals surface area contributed by atoms with Crippen LogP contribution in [0.5, 0.6) is 0 Å². The van der Waals surface area contributed by atoms with Crippen molar-refractivity contribution in [2.45, 2.75) is 4.90 Å². The van der Waals surface area contributed by atoms with Crippen molar-refractivity contribution in [2.75, 3.05) is 26.4 Å². The molecule has 0 saturated carbocycles. The molecule has 0 aromatic heterocycles. The van der Waals surface area contributed by atoms with Gasteiger partial charge in [0.25, 0.3) is 0 Å². The van der Waals surface area contributed by atoms with Crippen LogP contribution >= 0.6 is 11.8 Å². The molecule has 5 heteroatoms. The Balaban J connectivity index is 2.75. The lowest BCUT2D eigenvalue weighted by atomic mass is 10.2. The number of aromatic carboxylic acids is 1. The molecular formula is C11H14FNO2S. The Kier molecular flexibility index (Phi) is 4.76. The van der Waals surface area contributed by atoms with Gasteiger partial charge in [-0.3, -0.25) is 0 Å². The maximum absolute atomic E-state index is 12.9. The van der Waals surface area contributed by atoms with Crippen LogP contribution in [0.1, 0.15) is 10.4 Å². The van der Waals surface area contributed by atoms with Gasteiger partial charge < -0.3 is 10.0 Å². The van der Waals surface area contributed by atoms with Crippen LogP contribution in [0.15, 0.2) is 23.1 Å². The van der Waals surface area contributed by atoms with Crippen molar-refractivity contribution >= 4 is 17.7 Å². The number of hydrogen-bond acceptors (Lipinski definition) is 3. The predicted octanol–water partition coefficient (Wildman–Crippen LogP) is 2.18. The molecule has 88 valence electrons. The lowest BCUT2D eigenvalue weighted by Crippen LogP contribution is -2.15. The third-order valence-electron chi connectivity index (χ3n) is 1.97. The summed E-state index contributed by atoms with van der Waals surface area (Å²) in [6, 6.07) is 3.85. The summed E-state index contributed by atoms with van der Waals surface area (Å²) < 4.78 is 12.9. The van der Waals surface area contributed by atoms with Crippen molar-refractivity contribution < 1.29 is 14.3 Å². The summed E-state index contributed by atoms with van der Waals surface area (Å²) in [6.45, 7) is 0.848. The van der Waals surface area contributed by atoms with Gasteiger partial charge in [-0.1, -0.05) is 0 Å². The van der Waals surface area contributed by atoms with E-state index < -0.39 is 11.8 Å². The average Bonchev–Trinajstić information content (AvgIpc) is 2.19. The monoisotopic (exact) mass is 243 g/mol. The molecule has 0 spiro atoms. The second-order valence-electron chi connectivity index (χ2n) is 3.60. The fourth-order valence-electron chi connectivity index (χ4n) is 1.13. The molecule has 1 rings (SSSR count). The van der Waals surface area contributed by atoms with Gasteiger partial charge in [0, 0.05) is 17.2 Å². The van der Waals surface area contributed by atoms with E-state index >= 15 is 0 Å². The Hall–Kier alpha value is -1.07. The van der Waals surface area contributed by atoms with Crippen LogP contribution in [-0.2, 0) is 0 Å². The molecule has 16 heavy (non-hydrogen) atoms. The van der Waals surface area contributed by atoms with Crippen LogP contribution in [-0.4, -0.2) is 42.4 Å². The normalized spacial score (nSPS) is 10.8. The molecule has 0 radical (unpaired) electrons. The zero-order chi connectivity index (χ0) is 12.1. The van der Waals surface area contributed by atoms with Crippen molar-refractivity contribution in [1.82, 2.24) is 4.90 Å². The Labute approximate surface area is 98.3 Å². The quantitative estimate of drug-likeness (QED) is 0.805. The minimum Gasteiger partial charge on any atom is -0.478 e. The zero-order valence-corrected chi connectivity index (χ0v) is 10.1. The van der Waals surface area contributed by atoms with Gasteiger partial charge in [-0.2, -0.15) is 0 Å². The number of nitrogens with zero attached hydrogens (tertiary/aromatic N) is 1. The summed E-state index contributed by atoms with van der Waals surface area (Å²) in [5, 5.41) is 8.91. The highest BCUT2D eigenvalue weighted by molar-refractivity contribution is 7.99. The van der Waals surface area contributed by atoms with Gasteiger partial charge in [0.05, 0.1) is 5.56 Å². The maximum atomic E-state index is 12.9. The highest BCUT2D eigenvalue weighted by atomic mass is 32.2. The molecule has 0 aliphatic rings. The third kappa shape index (κ3) is 3.83. The van der Waals surface area contributed by atoms with E-state index in [1.165, 1.54) is 23.9 Å². The lowest BCUT2D eigenvalue weighted by Gasteiger charge is -2.10. The number of carboxylic acids is 1. The topological polar surface area (TPSA) is 40.5 Å². The predicted molar refractivity (Wildman–Crippen MR) is 62.6 cm³/mol. The smallest absolute Gasteiger partial charge is 0.336 e. The summed E-state index contributed by atoms with van der Waals surface area (Å²) in [5.74, 6) is -0.833. The maximum Gasteiger partial charge on any atom is 0.336 e. The van der Waals surface area contributed by atoms with Crippen molar-refractivity contribution in [3.63, 3.8) is 0 Å². The Bertz CT molecular complexity index is 382. The lowest BCUT2D eigenvalue weighted by molar-refractivity contribution is 0.0692. The van der Waals surface area contributed by atoms with Crippen molar-refractivity contribution in [3.8, 4) is 0 Å². The Morgan fingerprint density at radius 2 is 2.19 bits per heavy atom. The van der Waals surface area contributed by atoms with E-state index in [0.717, 1.165) is 18.4 Å². The number of benzene rings is 1. The molecule has 1 aromatic carbocycles. The van der Waals surface area contributed by atoms with Crippen LogP contribution in [0.3, 0.4) is 0 Å². The molecule has 1 aromatic rings. The van der Waals surface area contributed by atoms with Crippen LogP contribution < -0.4 is 0 Å². The van der Waals surface area contributed by atoms with Crippen LogP contribution in [0.25, 0.3) is 0 Å². The van der Waals surface area contributed by atoms with Crippen LogP contribution in [0.4, 0.5) is 4.39 Å². The Morgan fingerprint density at radius 1 is 1.50 bits per heavy atom. The van der Waals surface area contributed by atoms with Gasteiger partial charge in [0.15, 0.2) is 0 Å². The number of carbonyl (C=O) groups is 1. The van der Waals surface area contributed by atoms with E-state index in [1.54, 1.807) is 0 Å². The molecule has 0 amide bonds. The van der Waals surface area contributed by atoms with Crippen LogP contribution in [0, 0.1) is 5.82 Å². The van der Waals surface area contributed by atoms with Gasteiger partial charge in [-0.05, 0) is 32.3 Å². The van der Waals surface area contributed by atoms with Crippen LogP contribution in [0.2, 0.25) is 0 Å². The average molecular weight is 243 g/mol. The SMILES string of the molecule is CN(C)CCSc1ccc(F)cc1C(=O)O. The van der Waals surface area contributed by atoms with Crippen molar-refractivity contribution in [2.24, 2.45) is 0 Å².